The molecule has 1 atom stereocenters. The van der Waals surface area contributed by atoms with Crippen molar-refractivity contribution in [1.82, 2.24) is 4.90 Å². The van der Waals surface area contributed by atoms with Gasteiger partial charge < -0.3 is 4.90 Å². The zero-order valence-electron chi connectivity index (χ0n) is 7.96. The first kappa shape index (κ1) is 9.27. The van der Waals surface area contributed by atoms with Crippen LogP contribution in [-0.2, 0) is 0 Å². The van der Waals surface area contributed by atoms with Crippen molar-refractivity contribution in [3.63, 3.8) is 0 Å². The van der Waals surface area contributed by atoms with Crippen LogP contribution in [0.2, 0.25) is 0 Å². The third-order valence-corrected chi connectivity index (χ3v) is 2.30. The van der Waals surface area contributed by atoms with Crippen molar-refractivity contribution in [2.24, 2.45) is 0 Å². The second kappa shape index (κ2) is 4.27. The van der Waals surface area contributed by atoms with E-state index in [1.54, 1.807) is 0 Å². The van der Waals surface area contributed by atoms with Gasteiger partial charge in [-0.2, -0.15) is 0 Å². The number of hydrogen-bond acceptors (Lipinski definition) is 1. The van der Waals surface area contributed by atoms with Crippen molar-refractivity contribution in [2.75, 3.05) is 14.1 Å². The second-order valence-corrected chi connectivity index (χ2v) is 3.43. The summed E-state index contributed by atoms with van der Waals surface area (Å²) in [5.74, 6) is 0. The fraction of sp³-hybridized carbons (Fsp3) is 0.455. The van der Waals surface area contributed by atoms with Gasteiger partial charge in [-0.1, -0.05) is 36.5 Å². The van der Waals surface area contributed by atoms with Crippen molar-refractivity contribution in [3.05, 3.63) is 36.5 Å². The molecule has 0 spiro atoms. The Morgan fingerprint density at radius 1 is 1.58 bits per heavy atom. The maximum absolute atomic E-state index is 3.65. The Morgan fingerprint density at radius 2 is 2.33 bits per heavy atom. The summed E-state index contributed by atoms with van der Waals surface area (Å²) in [6.45, 7) is 3.65. The molecule has 1 unspecified atom stereocenters. The van der Waals surface area contributed by atoms with Crippen LogP contribution in [0.15, 0.2) is 36.5 Å². The van der Waals surface area contributed by atoms with Crippen LogP contribution >= 0.6 is 0 Å². The van der Waals surface area contributed by atoms with Crippen LogP contribution in [0, 0.1) is 0 Å². The lowest BCUT2D eigenvalue weighted by molar-refractivity contribution is 0.305. The van der Waals surface area contributed by atoms with E-state index in [1.165, 1.54) is 18.4 Å². The molecule has 12 heavy (non-hydrogen) atoms. The van der Waals surface area contributed by atoms with E-state index in [4.69, 9.17) is 0 Å². The fourth-order valence-corrected chi connectivity index (χ4v) is 1.45. The summed E-state index contributed by atoms with van der Waals surface area (Å²) in [4.78, 5) is 2.28. The van der Waals surface area contributed by atoms with Crippen LogP contribution in [0.25, 0.3) is 0 Å². The minimum atomic E-state index is 0.703. The molecule has 0 N–H and O–H groups in total. The molecule has 0 bridgehead atoms. The molecule has 0 heterocycles. The highest BCUT2D eigenvalue weighted by Crippen LogP contribution is 2.22. The van der Waals surface area contributed by atoms with E-state index in [1.807, 2.05) is 12.2 Å². The van der Waals surface area contributed by atoms with Crippen LogP contribution in [-0.4, -0.2) is 25.0 Å². The van der Waals surface area contributed by atoms with Crippen LogP contribution in [0.3, 0.4) is 0 Å². The highest BCUT2D eigenvalue weighted by molar-refractivity contribution is 5.26. The van der Waals surface area contributed by atoms with E-state index in [-0.39, 0.29) is 0 Å². The molecule has 0 radical (unpaired) electrons. The highest BCUT2D eigenvalue weighted by atomic mass is 15.1. The average Bonchev–Trinajstić information content (AvgIpc) is 2.48. The summed E-state index contributed by atoms with van der Waals surface area (Å²) in [5, 5.41) is 0. The van der Waals surface area contributed by atoms with Gasteiger partial charge in [0, 0.05) is 6.04 Å². The summed E-state index contributed by atoms with van der Waals surface area (Å²) in [7, 11) is 4.28. The van der Waals surface area contributed by atoms with E-state index in [0.717, 1.165) is 0 Å². The topological polar surface area (TPSA) is 3.24 Å². The molecule has 0 aromatic carbocycles. The van der Waals surface area contributed by atoms with Gasteiger partial charge in [-0.3, -0.25) is 0 Å². The van der Waals surface area contributed by atoms with Gasteiger partial charge in [-0.25, -0.2) is 0 Å². The molecule has 1 nitrogen and oxygen atoms in total. The van der Waals surface area contributed by atoms with Gasteiger partial charge in [0.15, 0.2) is 0 Å². The lowest BCUT2D eigenvalue weighted by atomic mass is 10.1. The number of nitrogens with zero attached hydrogens (tertiary/aromatic N) is 1. The molecule has 0 saturated carbocycles. The SMILES string of the molecule is C=C/C=C\C1=CCC(N(C)C)C1. The number of rotatable bonds is 3. The standard InChI is InChI=1S/C11H17N/c1-4-5-6-10-7-8-11(9-10)12(2)3/h4-7,11H,1,8-9H2,2-3H3/b6-5-. The molecule has 1 rings (SSSR count). The molecule has 1 aliphatic rings. The lowest BCUT2D eigenvalue weighted by Crippen LogP contribution is -2.24. The van der Waals surface area contributed by atoms with Gasteiger partial charge >= 0.3 is 0 Å². The van der Waals surface area contributed by atoms with Gasteiger partial charge in [-0.05, 0) is 26.9 Å². The first-order chi connectivity index (χ1) is 5.74. The van der Waals surface area contributed by atoms with Crippen LogP contribution in [0.4, 0.5) is 0 Å². The second-order valence-electron chi connectivity index (χ2n) is 3.43. The predicted molar refractivity (Wildman–Crippen MR) is 54.1 cm³/mol. The summed E-state index contributed by atoms with van der Waals surface area (Å²) in [5.41, 5.74) is 1.44. The first-order valence-corrected chi connectivity index (χ1v) is 4.38. The normalized spacial score (nSPS) is 23.6. The Bertz CT molecular complexity index is 211. The fourth-order valence-electron chi connectivity index (χ4n) is 1.45. The third-order valence-electron chi connectivity index (χ3n) is 2.30. The van der Waals surface area contributed by atoms with Crippen molar-refractivity contribution in [1.29, 1.82) is 0 Å². The van der Waals surface area contributed by atoms with Gasteiger partial charge in [0.2, 0.25) is 0 Å². The number of hydrogen-bond donors (Lipinski definition) is 0. The molecule has 1 heteroatoms. The molecule has 0 fully saturated rings. The quantitative estimate of drug-likeness (QED) is 0.577. The Kier molecular flexibility index (Phi) is 3.30. The zero-order valence-corrected chi connectivity index (χ0v) is 7.96. The van der Waals surface area contributed by atoms with Crippen LogP contribution in [0.5, 0.6) is 0 Å². The Labute approximate surface area is 75.1 Å². The minimum Gasteiger partial charge on any atom is -0.306 e. The minimum absolute atomic E-state index is 0.703. The van der Waals surface area contributed by atoms with Crippen molar-refractivity contribution in [2.45, 2.75) is 18.9 Å². The van der Waals surface area contributed by atoms with Crippen molar-refractivity contribution >= 4 is 0 Å². The smallest absolute Gasteiger partial charge is 0.0164 e. The molecule has 66 valence electrons. The van der Waals surface area contributed by atoms with Gasteiger partial charge in [0.25, 0.3) is 0 Å². The van der Waals surface area contributed by atoms with Gasteiger partial charge in [0.05, 0.1) is 0 Å². The summed E-state index contributed by atoms with van der Waals surface area (Å²) in [6.07, 6.45) is 10.6. The predicted octanol–water partition coefficient (Wildman–Crippen LogP) is 2.38. The third kappa shape index (κ3) is 2.35. The summed E-state index contributed by atoms with van der Waals surface area (Å²) < 4.78 is 0. The van der Waals surface area contributed by atoms with Gasteiger partial charge in [-0.15, -0.1) is 0 Å². The zero-order chi connectivity index (χ0) is 8.97. The van der Waals surface area contributed by atoms with E-state index in [9.17, 15) is 0 Å². The largest absolute Gasteiger partial charge is 0.306 e. The van der Waals surface area contributed by atoms with E-state index in [0.29, 0.717) is 6.04 Å². The van der Waals surface area contributed by atoms with E-state index >= 15 is 0 Å². The Balaban J connectivity index is 2.43. The summed E-state index contributed by atoms with van der Waals surface area (Å²) >= 11 is 0. The van der Waals surface area contributed by atoms with E-state index in [2.05, 4.69) is 37.7 Å². The number of allylic oxidation sites excluding steroid dienone is 3. The molecule has 0 aromatic heterocycles. The van der Waals surface area contributed by atoms with Crippen LogP contribution in [0.1, 0.15) is 12.8 Å². The molecular weight excluding hydrogens is 146 g/mol. The lowest BCUT2D eigenvalue weighted by Gasteiger charge is -2.18. The average molecular weight is 163 g/mol. The first-order valence-electron chi connectivity index (χ1n) is 4.38. The van der Waals surface area contributed by atoms with Crippen molar-refractivity contribution < 1.29 is 0 Å². The maximum Gasteiger partial charge on any atom is 0.0164 e. The Hall–Kier alpha value is -0.820. The van der Waals surface area contributed by atoms with Crippen LogP contribution < -0.4 is 0 Å². The molecular formula is C11H17N. The van der Waals surface area contributed by atoms with Crippen molar-refractivity contribution in [3.8, 4) is 0 Å². The molecule has 0 saturated heterocycles. The monoisotopic (exact) mass is 163 g/mol. The Morgan fingerprint density at radius 3 is 2.83 bits per heavy atom. The molecule has 0 amide bonds. The molecule has 1 aliphatic carbocycles. The summed E-state index contributed by atoms with van der Waals surface area (Å²) in [6, 6.07) is 0.703. The maximum atomic E-state index is 3.65. The van der Waals surface area contributed by atoms with E-state index < -0.39 is 0 Å². The molecule has 0 aromatic rings. The highest BCUT2D eigenvalue weighted by Gasteiger charge is 2.16. The van der Waals surface area contributed by atoms with Gasteiger partial charge in [0.1, 0.15) is 0 Å². The molecule has 0 aliphatic heterocycles.